The molecule has 2 rings (SSSR count). The number of hydrogen-bond donors (Lipinski definition) is 0. The highest BCUT2D eigenvalue weighted by Gasteiger charge is 2.14. The maximum atomic E-state index is 12.0. The van der Waals surface area contributed by atoms with Gasteiger partial charge in [-0.2, -0.15) is 0 Å². The fraction of sp³-hybridized carbons (Fsp3) is 0.500. The van der Waals surface area contributed by atoms with Gasteiger partial charge in [-0.05, 0) is 13.0 Å². The second-order valence-corrected chi connectivity index (χ2v) is 4.72. The molecular formula is C12H14ClF2N3O. The normalized spacial score (nSPS) is 13.3. The third-order valence-corrected chi connectivity index (χ3v) is 2.83. The number of halogens is 3. The molecule has 0 fully saturated rings. The third-order valence-electron chi connectivity index (χ3n) is 2.64. The van der Waals surface area contributed by atoms with Crippen LogP contribution >= 0.6 is 11.6 Å². The Kier molecular flexibility index (Phi) is 4.66. The predicted molar refractivity (Wildman–Crippen MR) is 68.6 cm³/mol. The highest BCUT2D eigenvalue weighted by molar-refractivity contribution is 6.20. The molecule has 1 atom stereocenters. The molecule has 0 aliphatic heterocycles. The first kappa shape index (κ1) is 14.1. The summed E-state index contributed by atoms with van der Waals surface area (Å²) in [6.45, 7) is 1.88. The predicted octanol–water partition coefficient (Wildman–Crippen LogP) is 3.01. The van der Waals surface area contributed by atoms with Crippen LogP contribution in [0.25, 0.3) is 11.0 Å². The number of hydrogen-bond acceptors (Lipinski definition) is 3. The molecule has 0 saturated carbocycles. The Bertz CT molecular complexity index is 545. The quantitative estimate of drug-likeness (QED) is 0.606. The van der Waals surface area contributed by atoms with Gasteiger partial charge in [0.2, 0.25) is 0 Å². The summed E-state index contributed by atoms with van der Waals surface area (Å²) >= 11 is 6.08. The van der Waals surface area contributed by atoms with Gasteiger partial charge < -0.3 is 9.30 Å². The van der Waals surface area contributed by atoms with Crippen LogP contribution in [0.15, 0.2) is 18.5 Å². The highest BCUT2D eigenvalue weighted by atomic mass is 35.5. The minimum absolute atomic E-state index is 0.189. The number of rotatable bonds is 6. The lowest BCUT2D eigenvalue weighted by Crippen LogP contribution is -2.12. The van der Waals surface area contributed by atoms with Crippen LogP contribution in [0.4, 0.5) is 8.78 Å². The van der Waals surface area contributed by atoms with Gasteiger partial charge >= 0.3 is 0 Å². The minimum Gasteiger partial charge on any atom is -0.374 e. The van der Waals surface area contributed by atoms with Crippen LogP contribution in [0, 0.1) is 0 Å². The molecule has 2 aromatic heterocycles. The maximum absolute atomic E-state index is 12.0. The van der Waals surface area contributed by atoms with E-state index < -0.39 is 13.0 Å². The van der Waals surface area contributed by atoms with Crippen molar-refractivity contribution >= 4 is 22.6 Å². The molecule has 2 heterocycles. The van der Waals surface area contributed by atoms with Crippen molar-refractivity contribution in [1.29, 1.82) is 0 Å². The number of nitrogens with zero attached hydrogens (tertiary/aromatic N) is 3. The third kappa shape index (κ3) is 3.39. The highest BCUT2D eigenvalue weighted by Crippen LogP contribution is 2.23. The van der Waals surface area contributed by atoms with Crippen molar-refractivity contribution in [2.45, 2.75) is 25.3 Å². The molecule has 0 aliphatic rings. The molecule has 0 aliphatic carbocycles. The number of alkyl halides is 3. The molecule has 2 aromatic rings. The monoisotopic (exact) mass is 289 g/mol. The molecule has 0 radical (unpaired) electrons. The molecule has 1 unspecified atom stereocenters. The van der Waals surface area contributed by atoms with Crippen LogP contribution in [0.3, 0.4) is 0 Å². The SMILES string of the molecule is CC(Cl)c1nc2cnccc2n1CCOCC(F)F. The lowest BCUT2D eigenvalue weighted by Gasteiger charge is -2.10. The molecule has 19 heavy (non-hydrogen) atoms. The van der Waals surface area contributed by atoms with Crippen LogP contribution < -0.4 is 0 Å². The van der Waals surface area contributed by atoms with Crippen molar-refractivity contribution in [3.8, 4) is 0 Å². The van der Waals surface area contributed by atoms with Gasteiger partial charge in [-0.1, -0.05) is 0 Å². The standard InChI is InChI=1S/C12H14ClF2N3O/c1-8(13)12-17-9-6-16-3-2-10(9)18(12)4-5-19-7-11(14)15/h2-3,6,8,11H,4-5,7H2,1H3. The lowest BCUT2D eigenvalue weighted by atomic mass is 10.4. The van der Waals surface area contributed by atoms with E-state index in [1.807, 2.05) is 17.6 Å². The molecule has 0 saturated heterocycles. The fourth-order valence-electron chi connectivity index (χ4n) is 1.87. The summed E-state index contributed by atoms with van der Waals surface area (Å²) in [5.74, 6) is 0.685. The van der Waals surface area contributed by atoms with E-state index >= 15 is 0 Å². The van der Waals surface area contributed by atoms with E-state index in [1.165, 1.54) is 0 Å². The molecule has 104 valence electrons. The van der Waals surface area contributed by atoms with Gasteiger partial charge in [-0.3, -0.25) is 4.98 Å². The van der Waals surface area contributed by atoms with Gasteiger partial charge in [0.15, 0.2) is 0 Å². The maximum Gasteiger partial charge on any atom is 0.261 e. The number of imidazole rings is 1. The van der Waals surface area contributed by atoms with Crippen molar-refractivity contribution in [3.63, 3.8) is 0 Å². The van der Waals surface area contributed by atoms with Gasteiger partial charge in [0.05, 0.1) is 23.7 Å². The van der Waals surface area contributed by atoms with Crippen molar-refractivity contribution in [2.75, 3.05) is 13.2 Å². The number of ether oxygens (including phenoxy) is 1. The first-order valence-electron chi connectivity index (χ1n) is 5.89. The summed E-state index contributed by atoms with van der Waals surface area (Å²) in [5.41, 5.74) is 1.61. The van der Waals surface area contributed by atoms with E-state index in [0.29, 0.717) is 12.4 Å². The first-order chi connectivity index (χ1) is 9.09. The van der Waals surface area contributed by atoms with E-state index in [1.54, 1.807) is 12.4 Å². The van der Waals surface area contributed by atoms with Crippen LogP contribution in [0.2, 0.25) is 0 Å². The van der Waals surface area contributed by atoms with E-state index in [4.69, 9.17) is 16.3 Å². The van der Waals surface area contributed by atoms with Crippen molar-refractivity contribution in [2.24, 2.45) is 0 Å². The molecule has 4 nitrogen and oxygen atoms in total. The van der Waals surface area contributed by atoms with Crippen LogP contribution in [0.5, 0.6) is 0 Å². The Hall–Kier alpha value is -1.27. The van der Waals surface area contributed by atoms with E-state index in [9.17, 15) is 8.78 Å². The zero-order valence-corrected chi connectivity index (χ0v) is 11.1. The smallest absolute Gasteiger partial charge is 0.261 e. The number of pyridine rings is 1. The summed E-state index contributed by atoms with van der Waals surface area (Å²) in [5, 5.41) is -0.275. The van der Waals surface area contributed by atoms with Crippen molar-refractivity contribution < 1.29 is 13.5 Å². The van der Waals surface area contributed by atoms with Crippen molar-refractivity contribution in [1.82, 2.24) is 14.5 Å². The minimum atomic E-state index is -2.45. The zero-order chi connectivity index (χ0) is 13.8. The van der Waals surface area contributed by atoms with Crippen LogP contribution in [-0.4, -0.2) is 34.2 Å². The average Bonchev–Trinajstić information content (AvgIpc) is 2.73. The summed E-state index contributed by atoms with van der Waals surface area (Å²) in [6.07, 6.45) is 0.854. The Balaban J connectivity index is 2.17. The lowest BCUT2D eigenvalue weighted by molar-refractivity contribution is 0.0148. The molecule has 0 N–H and O–H groups in total. The molecule has 0 bridgehead atoms. The molecule has 7 heteroatoms. The molecule has 0 spiro atoms. The van der Waals surface area contributed by atoms with E-state index in [0.717, 1.165) is 11.0 Å². The Morgan fingerprint density at radius 1 is 1.47 bits per heavy atom. The topological polar surface area (TPSA) is 39.9 Å². The number of aromatic nitrogens is 3. The van der Waals surface area contributed by atoms with Crippen LogP contribution in [0.1, 0.15) is 18.1 Å². The van der Waals surface area contributed by atoms with Gasteiger partial charge in [0.25, 0.3) is 6.43 Å². The Morgan fingerprint density at radius 2 is 2.26 bits per heavy atom. The van der Waals surface area contributed by atoms with E-state index in [-0.39, 0.29) is 12.0 Å². The molecule has 0 aromatic carbocycles. The Morgan fingerprint density at radius 3 is 2.95 bits per heavy atom. The largest absolute Gasteiger partial charge is 0.374 e. The first-order valence-corrected chi connectivity index (χ1v) is 6.33. The van der Waals surface area contributed by atoms with Gasteiger partial charge in [0.1, 0.15) is 17.9 Å². The second kappa shape index (κ2) is 6.25. The summed E-state index contributed by atoms with van der Waals surface area (Å²) in [4.78, 5) is 8.39. The van der Waals surface area contributed by atoms with Gasteiger partial charge in [-0.15, -0.1) is 11.6 Å². The second-order valence-electron chi connectivity index (χ2n) is 4.07. The number of fused-ring (bicyclic) bond motifs is 1. The fourth-order valence-corrected chi connectivity index (χ4v) is 2.03. The van der Waals surface area contributed by atoms with Crippen molar-refractivity contribution in [3.05, 3.63) is 24.3 Å². The van der Waals surface area contributed by atoms with Gasteiger partial charge in [0, 0.05) is 12.7 Å². The zero-order valence-electron chi connectivity index (χ0n) is 10.4. The summed E-state index contributed by atoms with van der Waals surface area (Å²) < 4.78 is 30.7. The van der Waals surface area contributed by atoms with E-state index in [2.05, 4.69) is 9.97 Å². The summed E-state index contributed by atoms with van der Waals surface area (Å²) in [7, 11) is 0. The Labute approximate surface area is 114 Å². The van der Waals surface area contributed by atoms with Gasteiger partial charge in [-0.25, -0.2) is 13.8 Å². The average molecular weight is 290 g/mol. The molecular weight excluding hydrogens is 276 g/mol. The molecule has 0 amide bonds. The van der Waals surface area contributed by atoms with Crippen LogP contribution in [-0.2, 0) is 11.3 Å². The summed E-state index contributed by atoms with van der Waals surface area (Å²) in [6, 6.07) is 1.82.